The average Bonchev–Trinajstić information content (AvgIpc) is 2.77. The first-order valence-electron chi connectivity index (χ1n) is 9.80. The summed E-state index contributed by atoms with van der Waals surface area (Å²) in [6, 6.07) is 6.64. The van der Waals surface area contributed by atoms with Gasteiger partial charge in [-0.3, -0.25) is 0 Å². The van der Waals surface area contributed by atoms with Gasteiger partial charge in [-0.05, 0) is 24.3 Å². The van der Waals surface area contributed by atoms with Crippen molar-refractivity contribution in [2.45, 2.75) is 25.3 Å². The Labute approximate surface area is 185 Å². The van der Waals surface area contributed by atoms with E-state index >= 15 is 0 Å². The maximum absolute atomic E-state index is 13.2. The number of nitrogen functional groups attached to an aromatic ring is 1. The monoisotopic (exact) mass is 466 g/mol. The molecule has 0 atom stereocenters. The second-order valence-electron chi connectivity index (χ2n) is 7.03. The van der Waals surface area contributed by atoms with Crippen molar-refractivity contribution in [3.8, 4) is 23.4 Å². The number of anilines is 2. The predicted molar refractivity (Wildman–Crippen MR) is 107 cm³/mol. The molecule has 0 spiro atoms. The molecule has 1 fully saturated rings. The summed E-state index contributed by atoms with van der Waals surface area (Å²) in [5, 5.41) is 0. The predicted octanol–water partition coefficient (Wildman–Crippen LogP) is 3.73. The van der Waals surface area contributed by atoms with Crippen LogP contribution in [-0.4, -0.2) is 45.5 Å². The number of benzene rings is 1. The Balaban J connectivity index is 1.33. The number of nitrogens with two attached hydrogens (primary N) is 1. The number of halogens is 4. The lowest BCUT2D eigenvalue weighted by atomic mass is 10.1. The number of alkyl halides is 3. The van der Waals surface area contributed by atoms with Gasteiger partial charge < -0.3 is 24.8 Å². The summed E-state index contributed by atoms with van der Waals surface area (Å²) < 4.78 is 65.1. The van der Waals surface area contributed by atoms with Crippen LogP contribution in [0, 0.1) is 5.82 Å². The van der Waals surface area contributed by atoms with Crippen LogP contribution < -0.4 is 24.8 Å². The third-order valence-corrected chi connectivity index (χ3v) is 4.69. The quantitative estimate of drug-likeness (QED) is 0.544. The number of ether oxygens (including phenoxy) is 3. The summed E-state index contributed by atoms with van der Waals surface area (Å²) in [5.74, 6) is -0.175. The zero-order valence-electron chi connectivity index (χ0n) is 17.0. The van der Waals surface area contributed by atoms with E-state index in [0.717, 1.165) is 18.3 Å². The topological polar surface area (TPSA) is 109 Å². The van der Waals surface area contributed by atoms with Crippen molar-refractivity contribution < 1.29 is 31.8 Å². The summed E-state index contributed by atoms with van der Waals surface area (Å²) in [4.78, 5) is 17.9. The van der Waals surface area contributed by atoms with Gasteiger partial charge >= 0.3 is 12.4 Å². The molecule has 0 unspecified atom stereocenters. The van der Waals surface area contributed by atoms with Gasteiger partial charge in [0, 0.05) is 32.0 Å². The number of rotatable bonds is 6. The van der Waals surface area contributed by atoms with Crippen LogP contribution in [0.3, 0.4) is 0 Å². The van der Waals surface area contributed by atoms with Crippen molar-refractivity contribution in [2.24, 2.45) is 0 Å². The van der Waals surface area contributed by atoms with Gasteiger partial charge in [0.25, 0.3) is 0 Å². The molecule has 3 heterocycles. The molecule has 1 aliphatic heterocycles. The molecule has 13 heteroatoms. The minimum Gasteiger partial charge on any atom is -0.460 e. The van der Waals surface area contributed by atoms with E-state index in [1.165, 1.54) is 18.5 Å². The third kappa shape index (κ3) is 6.08. The van der Waals surface area contributed by atoms with E-state index in [4.69, 9.17) is 15.2 Å². The van der Waals surface area contributed by atoms with Gasteiger partial charge in [-0.1, -0.05) is 0 Å². The van der Waals surface area contributed by atoms with Gasteiger partial charge in [-0.15, -0.1) is 13.2 Å². The second-order valence-corrected chi connectivity index (χ2v) is 7.03. The Morgan fingerprint density at radius 3 is 2.36 bits per heavy atom. The normalized spacial score (nSPS) is 14.7. The molecule has 0 bridgehead atoms. The number of nitrogens with zero attached hydrogens (tertiary/aromatic N) is 5. The maximum Gasteiger partial charge on any atom is 0.573 e. The molecule has 1 aromatic carbocycles. The minimum absolute atomic E-state index is 0.0247. The minimum atomic E-state index is -4.76. The van der Waals surface area contributed by atoms with E-state index in [1.807, 2.05) is 4.90 Å². The Morgan fingerprint density at radius 2 is 1.70 bits per heavy atom. The van der Waals surface area contributed by atoms with E-state index in [9.17, 15) is 17.6 Å². The van der Waals surface area contributed by atoms with Crippen molar-refractivity contribution in [1.29, 1.82) is 0 Å². The first kappa shape index (κ1) is 22.3. The van der Waals surface area contributed by atoms with Crippen LogP contribution in [-0.2, 0) is 0 Å². The standard InChI is InChI=1S/C20H18F4N6O3/c21-15-10-26-19(29-18(15)25)32-13-5-7-30(8-6-13)16-9-17(28-11-27-16)31-12-1-3-14(4-2-12)33-20(22,23)24/h1-4,9-11,13H,5-8H2,(H2,25,26,29). The molecular formula is C20H18F4N6O3. The fourth-order valence-electron chi connectivity index (χ4n) is 3.16. The lowest BCUT2D eigenvalue weighted by molar-refractivity contribution is -0.274. The van der Waals surface area contributed by atoms with E-state index < -0.39 is 12.2 Å². The molecule has 4 rings (SSSR count). The molecule has 1 saturated heterocycles. The number of hydrogen-bond acceptors (Lipinski definition) is 9. The highest BCUT2D eigenvalue weighted by Gasteiger charge is 2.31. The van der Waals surface area contributed by atoms with E-state index in [-0.39, 0.29) is 29.6 Å². The van der Waals surface area contributed by atoms with E-state index in [0.29, 0.717) is 37.5 Å². The Kier molecular flexibility index (Phi) is 6.29. The Hall–Kier alpha value is -3.90. The lowest BCUT2D eigenvalue weighted by Crippen LogP contribution is -2.39. The summed E-state index contributed by atoms with van der Waals surface area (Å²) in [7, 11) is 0. The van der Waals surface area contributed by atoms with Crippen LogP contribution >= 0.6 is 0 Å². The number of aromatic nitrogens is 4. The van der Waals surface area contributed by atoms with Gasteiger partial charge in [0.1, 0.15) is 29.7 Å². The van der Waals surface area contributed by atoms with Crippen LogP contribution in [0.15, 0.2) is 42.9 Å². The van der Waals surface area contributed by atoms with Gasteiger partial charge in [-0.25, -0.2) is 19.3 Å². The third-order valence-electron chi connectivity index (χ3n) is 4.69. The molecule has 2 aromatic heterocycles. The molecule has 0 saturated carbocycles. The molecule has 174 valence electrons. The highest BCUT2D eigenvalue weighted by molar-refractivity contribution is 5.43. The number of hydrogen-bond donors (Lipinski definition) is 1. The van der Waals surface area contributed by atoms with Crippen LogP contribution in [0.25, 0.3) is 0 Å². The molecule has 1 aliphatic rings. The SMILES string of the molecule is Nc1nc(OC2CCN(c3cc(Oc4ccc(OC(F)(F)F)cc4)ncn3)CC2)ncc1F. The highest BCUT2D eigenvalue weighted by Crippen LogP contribution is 2.28. The smallest absolute Gasteiger partial charge is 0.460 e. The van der Waals surface area contributed by atoms with Gasteiger partial charge in [-0.2, -0.15) is 4.98 Å². The Bertz CT molecular complexity index is 1090. The summed E-state index contributed by atoms with van der Waals surface area (Å²) >= 11 is 0. The van der Waals surface area contributed by atoms with Crippen LogP contribution in [0.1, 0.15) is 12.8 Å². The van der Waals surface area contributed by atoms with Crippen molar-refractivity contribution in [2.75, 3.05) is 23.7 Å². The second kappa shape index (κ2) is 9.30. The van der Waals surface area contributed by atoms with Crippen molar-refractivity contribution in [3.05, 3.63) is 48.7 Å². The molecule has 33 heavy (non-hydrogen) atoms. The van der Waals surface area contributed by atoms with E-state index in [2.05, 4.69) is 24.7 Å². The summed E-state index contributed by atoms with van der Waals surface area (Å²) in [6.07, 6.45) is -1.35. The fourth-order valence-corrected chi connectivity index (χ4v) is 3.16. The Morgan fingerprint density at radius 1 is 1.00 bits per heavy atom. The largest absolute Gasteiger partial charge is 0.573 e. The zero-order chi connectivity index (χ0) is 23.4. The molecule has 3 aromatic rings. The molecule has 2 N–H and O–H groups in total. The zero-order valence-corrected chi connectivity index (χ0v) is 17.0. The maximum atomic E-state index is 13.2. The first-order chi connectivity index (χ1) is 15.7. The molecule has 0 aliphatic carbocycles. The van der Waals surface area contributed by atoms with Gasteiger partial charge in [0.05, 0.1) is 6.20 Å². The highest BCUT2D eigenvalue weighted by atomic mass is 19.4. The van der Waals surface area contributed by atoms with Gasteiger partial charge in [0.2, 0.25) is 5.88 Å². The fraction of sp³-hybridized carbons (Fsp3) is 0.300. The average molecular weight is 466 g/mol. The molecule has 0 amide bonds. The first-order valence-corrected chi connectivity index (χ1v) is 9.80. The summed E-state index contributed by atoms with van der Waals surface area (Å²) in [5.41, 5.74) is 5.43. The van der Waals surface area contributed by atoms with Crippen LogP contribution in [0.2, 0.25) is 0 Å². The molecule has 9 nitrogen and oxygen atoms in total. The molecule has 0 radical (unpaired) electrons. The van der Waals surface area contributed by atoms with Crippen molar-refractivity contribution in [3.63, 3.8) is 0 Å². The van der Waals surface area contributed by atoms with Crippen molar-refractivity contribution >= 4 is 11.6 Å². The van der Waals surface area contributed by atoms with Crippen LogP contribution in [0.5, 0.6) is 23.4 Å². The van der Waals surface area contributed by atoms with Crippen molar-refractivity contribution in [1.82, 2.24) is 19.9 Å². The summed E-state index contributed by atoms with van der Waals surface area (Å²) in [6.45, 7) is 1.22. The lowest BCUT2D eigenvalue weighted by Gasteiger charge is -2.32. The van der Waals surface area contributed by atoms with Gasteiger partial charge in [0.15, 0.2) is 11.6 Å². The van der Waals surface area contributed by atoms with E-state index in [1.54, 1.807) is 6.07 Å². The number of piperidine rings is 1. The van der Waals surface area contributed by atoms with Crippen LogP contribution in [0.4, 0.5) is 29.2 Å². The molecular weight excluding hydrogens is 448 g/mol.